The highest BCUT2D eigenvalue weighted by atomic mass is 35.5. The van der Waals surface area contributed by atoms with Gasteiger partial charge in [0.2, 0.25) is 5.91 Å². The second-order valence-electron chi connectivity index (χ2n) is 5.10. The molecule has 0 atom stereocenters. The number of nitrogens with one attached hydrogen (secondary N) is 2. The molecule has 2 N–H and O–H groups in total. The maximum Gasteiger partial charge on any atom is 0.226 e. The van der Waals surface area contributed by atoms with Gasteiger partial charge in [-0.15, -0.1) is 0 Å². The van der Waals surface area contributed by atoms with Crippen molar-refractivity contribution >= 4 is 40.5 Å². The molecule has 5 heteroatoms. The molecule has 0 aliphatic carbocycles. The van der Waals surface area contributed by atoms with Crippen molar-refractivity contribution in [1.29, 1.82) is 0 Å². The summed E-state index contributed by atoms with van der Waals surface area (Å²) in [6.07, 6.45) is 0.359. The second-order valence-corrected chi connectivity index (χ2v) is 5.94. The first-order valence-corrected chi connectivity index (χ1v) is 7.78. The number of carbonyl (C=O) groups excluding carboxylic acids is 1. The summed E-state index contributed by atoms with van der Waals surface area (Å²) in [6.45, 7) is 4.41. The zero-order chi connectivity index (χ0) is 16.1. The summed E-state index contributed by atoms with van der Waals surface area (Å²) in [5, 5.41) is 7.42. The van der Waals surface area contributed by atoms with Crippen molar-refractivity contribution in [3.05, 3.63) is 57.6 Å². The van der Waals surface area contributed by atoms with Crippen molar-refractivity contribution in [3.8, 4) is 0 Å². The van der Waals surface area contributed by atoms with E-state index in [1.54, 1.807) is 6.07 Å². The summed E-state index contributed by atoms with van der Waals surface area (Å²) in [5.41, 5.74) is 3.65. The Kier molecular flexibility index (Phi) is 5.69. The quantitative estimate of drug-likeness (QED) is 0.801. The molecule has 0 aliphatic heterocycles. The van der Waals surface area contributed by atoms with Gasteiger partial charge in [-0.3, -0.25) is 4.79 Å². The van der Waals surface area contributed by atoms with E-state index >= 15 is 0 Å². The topological polar surface area (TPSA) is 41.1 Å². The van der Waals surface area contributed by atoms with Crippen LogP contribution in [0, 0.1) is 13.8 Å². The van der Waals surface area contributed by atoms with E-state index in [1.807, 2.05) is 44.2 Å². The number of aryl methyl sites for hydroxylation is 1. The highest BCUT2D eigenvalue weighted by molar-refractivity contribution is 6.31. The molecule has 2 aromatic rings. The molecule has 0 aromatic heterocycles. The smallest absolute Gasteiger partial charge is 0.226 e. The standard InChI is InChI=1S/C17H18Cl2N2O/c1-11-6-7-13(18)10-16(11)20-9-8-17(22)21-15-5-3-4-14(19)12(15)2/h3-7,10,20H,8-9H2,1-2H3,(H,21,22). The third kappa shape index (κ3) is 4.39. The van der Waals surface area contributed by atoms with Crippen LogP contribution >= 0.6 is 23.2 Å². The Labute approximate surface area is 140 Å². The van der Waals surface area contributed by atoms with E-state index in [9.17, 15) is 4.79 Å². The summed E-state index contributed by atoms with van der Waals surface area (Å²) < 4.78 is 0. The van der Waals surface area contributed by atoms with Crippen molar-refractivity contribution in [3.63, 3.8) is 0 Å². The number of rotatable bonds is 5. The van der Waals surface area contributed by atoms with Crippen LogP contribution in [0.5, 0.6) is 0 Å². The summed E-state index contributed by atoms with van der Waals surface area (Å²) in [7, 11) is 0. The Bertz CT molecular complexity index is 686. The number of hydrogen-bond acceptors (Lipinski definition) is 2. The van der Waals surface area contributed by atoms with Gasteiger partial charge in [0.1, 0.15) is 0 Å². The first-order chi connectivity index (χ1) is 10.5. The first-order valence-electron chi connectivity index (χ1n) is 7.02. The maximum absolute atomic E-state index is 12.0. The van der Waals surface area contributed by atoms with Crippen molar-refractivity contribution < 1.29 is 4.79 Å². The highest BCUT2D eigenvalue weighted by Gasteiger charge is 2.07. The fourth-order valence-electron chi connectivity index (χ4n) is 2.05. The molecule has 0 saturated carbocycles. The Hall–Kier alpha value is -1.71. The Morgan fingerprint density at radius 1 is 1.09 bits per heavy atom. The van der Waals surface area contributed by atoms with E-state index in [-0.39, 0.29) is 5.91 Å². The van der Waals surface area contributed by atoms with E-state index in [1.165, 1.54) is 0 Å². The fraction of sp³-hybridized carbons (Fsp3) is 0.235. The summed E-state index contributed by atoms with van der Waals surface area (Å²) >= 11 is 12.0. The highest BCUT2D eigenvalue weighted by Crippen LogP contribution is 2.23. The molecule has 0 heterocycles. The Morgan fingerprint density at radius 2 is 1.86 bits per heavy atom. The van der Waals surface area contributed by atoms with Crippen LogP contribution in [0.4, 0.5) is 11.4 Å². The van der Waals surface area contributed by atoms with E-state index < -0.39 is 0 Å². The number of anilines is 2. The third-order valence-electron chi connectivity index (χ3n) is 3.41. The fourth-order valence-corrected chi connectivity index (χ4v) is 2.40. The van der Waals surface area contributed by atoms with Gasteiger partial charge in [0.25, 0.3) is 0 Å². The van der Waals surface area contributed by atoms with Crippen LogP contribution in [-0.2, 0) is 4.79 Å². The lowest BCUT2D eigenvalue weighted by Gasteiger charge is -2.11. The van der Waals surface area contributed by atoms with Gasteiger partial charge in [-0.25, -0.2) is 0 Å². The lowest BCUT2D eigenvalue weighted by Crippen LogP contribution is -2.17. The minimum atomic E-state index is -0.0578. The third-order valence-corrected chi connectivity index (χ3v) is 4.05. The number of hydrogen-bond donors (Lipinski definition) is 2. The normalized spacial score (nSPS) is 10.4. The molecular formula is C17H18Cl2N2O. The summed E-state index contributed by atoms with van der Waals surface area (Å²) in [6, 6.07) is 11.1. The molecule has 2 aromatic carbocycles. The lowest BCUT2D eigenvalue weighted by atomic mass is 10.2. The summed E-state index contributed by atoms with van der Waals surface area (Å²) in [4.78, 5) is 12.0. The number of halogens is 2. The molecule has 0 bridgehead atoms. The molecule has 0 unspecified atom stereocenters. The van der Waals surface area contributed by atoms with Crippen LogP contribution in [0.25, 0.3) is 0 Å². The molecule has 3 nitrogen and oxygen atoms in total. The van der Waals surface area contributed by atoms with Gasteiger partial charge in [0.15, 0.2) is 0 Å². The predicted molar refractivity (Wildman–Crippen MR) is 94.1 cm³/mol. The minimum absolute atomic E-state index is 0.0578. The minimum Gasteiger partial charge on any atom is -0.384 e. The predicted octanol–water partition coefficient (Wildman–Crippen LogP) is 5.05. The summed E-state index contributed by atoms with van der Waals surface area (Å²) in [5.74, 6) is -0.0578. The molecule has 0 radical (unpaired) electrons. The van der Waals surface area contributed by atoms with E-state index in [0.717, 1.165) is 22.5 Å². The van der Waals surface area contributed by atoms with E-state index in [4.69, 9.17) is 23.2 Å². The molecule has 1 amide bonds. The van der Waals surface area contributed by atoms with Crippen molar-refractivity contribution in [2.75, 3.05) is 17.2 Å². The van der Waals surface area contributed by atoms with Gasteiger partial charge in [0, 0.05) is 34.4 Å². The first kappa shape index (κ1) is 16.7. The zero-order valence-electron chi connectivity index (χ0n) is 12.5. The van der Waals surface area contributed by atoms with Gasteiger partial charge in [-0.1, -0.05) is 35.3 Å². The van der Waals surface area contributed by atoms with Crippen molar-refractivity contribution in [2.24, 2.45) is 0 Å². The molecule has 0 spiro atoms. The average molecular weight is 337 g/mol. The van der Waals surface area contributed by atoms with Crippen LogP contribution in [0.15, 0.2) is 36.4 Å². The number of carbonyl (C=O) groups is 1. The van der Waals surface area contributed by atoms with Gasteiger partial charge in [-0.05, 0) is 49.2 Å². The molecule has 22 heavy (non-hydrogen) atoms. The lowest BCUT2D eigenvalue weighted by molar-refractivity contribution is -0.115. The number of benzene rings is 2. The van der Waals surface area contributed by atoms with Crippen LogP contribution in [0.1, 0.15) is 17.5 Å². The molecular weight excluding hydrogens is 319 g/mol. The monoisotopic (exact) mass is 336 g/mol. The molecule has 2 rings (SSSR count). The van der Waals surface area contributed by atoms with Crippen LogP contribution in [0.2, 0.25) is 10.0 Å². The molecule has 116 valence electrons. The Morgan fingerprint density at radius 3 is 2.64 bits per heavy atom. The average Bonchev–Trinajstić information content (AvgIpc) is 2.47. The maximum atomic E-state index is 12.0. The SMILES string of the molecule is Cc1ccc(Cl)cc1NCCC(=O)Nc1cccc(Cl)c1C. The Balaban J connectivity index is 1.88. The van der Waals surface area contributed by atoms with Gasteiger partial charge in [-0.2, -0.15) is 0 Å². The van der Waals surface area contributed by atoms with Gasteiger partial charge >= 0.3 is 0 Å². The van der Waals surface area contributed by atoms with Crippen LogP contribution in [-0.4, -0.2) is 12.5 Å². The van der Waals surface area contributed by atoms with E-state index in [2.05, 4.69) is 10.6 Å². The zero-order valence-corrected chi connectivity index (χ0v) is 14.1. The van der Waals surface area contributed by atoms with Crippen LogP contribution < -0.4 is 10.6 Å². The molecule has 0 saturated heterocycles. The van der Waals surface area contributed by atoms with Crippen LogP contribution in [0.3, 0.4) is 0 Å². The molecule has 0 aliphatic rings. The van der Waals surface area contributed by atoms with Crippen molar-refractivity contribution in [1.82, 2.24) is 0 Å². The van der Waals surface area contributed by atoms with Crippen molar-refractivity contribution in [2.45, 2.75) is 20.3 Å². The van der Waals surface area contributed by atoms with Gasteiger partial charge < -0.3 is 10.6 Å². The molecule has 0 fully saturated rings. The van der Waals surface area contributed by atoms with E-state index in [0.29, 0.717) is 23.0 Å². The second kappa shape index (κ2) is 7.52. The largest absolute Gasteiger partial charge is 0.384 e. The number of amides is 1. The van der Waals surface area contributed by atoms with Gasteiger partial charge in [0.05, 0.1) is 0 Å².